The summed E-state index contributed by atoms with van der Waals surface area (Å²) in [6.07, 6.45) is 3.17. The van der Waals surface area contributed by atoms with Gasteiger partial charge in [0, 0.05) is 5.92 Å². The highest BCUT2D eigenvalue weighted by Crippen LogP contribution is 2.29. The second kappa shape index (κ2) is 2.51. The number of allylic oxidation sites excluding steroid dienone is 2. The molecule has 1 rings (SSSR count). The van der Waals surface area contributed by atoms with E-state index in [2.05, 4.69) is 0 Å². The third-order valence-corrected chi connectivity index (χ3v) is 2.03. The van der Waals surface area contributed by atoms with E-state index in [9.17, 15) is 4.39 Å². The minimum Gasteiger partial charge on any atom is -0.212 e. The molecule has 0 saturated carbocycles. The highest BCUT2D eigenvalue weighted by Gasteiger charge is 2.15. The van der Waals surface area contributed by atoms with Gasteiger partial charge in [0.25, 0.3) is 0 Å². The van der Waals surface area contributed by atoms with E-state index in [0.29, 0.717) is 0 Å². The lowest BCUT2D eigenvalue weighted by atomic mass is 9.91. The molecule has 1 atom stereocenters. The smallest absolute Gasteiger partial charge is 0.102 e. The van der Waals surface area contributed by atoms with Gasteiger partial charge in [0.1, 0.15) is 5.83 Å². The maximum atomic E-state index is 12.9. The number of hydrogen-bond donors (Lipinski definition) is 0. The molecule has 9 heavy (non-hydrogen) atoms. The molecule has 1 aliphatic carbocycles. The van der Waals surface area contributed by atoms with Gasteiger partial charge in [0.2, 0.25) is 0 Å². The largest absolute Gasteiger partial charge is 0.212 e. The van der Waals surface area contributed by atoms with Crippen molar-refractivity contribution >= 4 is 0 Å². The zero-order chi connectivity index (χ0) is 6.85. The molecule has 0 aromatic carbocycles. The quantitative estimate of drug-likeness (QED) is 0.470. The van der Waals surface area contributed by atoms with Crippen molar-refractivity contribution in [3.05, 3.63) is 11.4 Å². The van der Waals surface area contributed by atoms with Crippen molar-refractivity contribution in [2.45, 2.75) is 33.1 Å². The van der Waals surface area contributed by atoms with Gasteiger partial charge in [-0.05, 0) is 31.8 Å². The summed E-state index contributed by atoms with van der Waals surface area (Å²) in [7, 11) is 0. The van der Waals surface area contributed by atoms with Gasteiger partial charge in [-0.3, -0.25) is 0 Å². The van der Waals surface area contributed by atoms with Crippen molar-refractivity contribution in [2.24, 2.45) is 5.92 Å². The van der Waals surface area contributed by atoms with Gasteiger partial charge in [0.05, 0.1) is 0 Å². The summed E-state index contributed by atoms with van der Waals surface area (Å²) in [4.78, 5) is 0. The van der Waals surface area contributed by atoms with Gasteiger partial charge < -0.3 is 0 Å². The van der Waals surface area contributed by atoms with Crippen LogP contribution in [0.15, 0.2) is 11.4 Å². The van der Waals surface area contributed by atoms with E-state index in [0.717, 1.165) is 18.4 Å². The highest BCUT2D eigenvalue weighted by atomic mass is 19.1. The van der Waals surface area contributed by atoms with Gasteiger partial charge >= 0.3 is 0 Å². The first-order valence-electron chi connectivity index (χ1n) is 3.57. The van der Waals surface area contributed by atoms with Crippen LogP contribution in [0.1, 0.15) is 33.1 Å². The van der Waals surface area contributed by atoms with Crippen LogP contribution in [-0.2, 0) is 0 Å². The Morgan fingerprint density at radius 3 is 2.67 bits per heavy atom. The fourth-order valence-electron chi connectivity index (χ4n) is 1.34. The predicted molar refractivity (Wildman–Crippen MR) is 36.8 cm³/mol. The summed E-state index contributed by atoms with van der Waals surface area (Å²) < 4.78 is 12.9. The molecule has 0 N–H and O–H groups in total. The molecule has 0 radical (unpaired) electrons. The molecule has 0 fully saturated rings. The Hall–Kier alpha value is -0.330. The van der Waals surface area contributed by atoms with E-state index in [4.69, 9.17) is 0 Å². The monoisotopic (exact) mass is 128 g/mol. The summed E-state index contributed by atoms with van der Waals surface area (Å²) >= 11 is 0. The maximum Gasteiger partial charge on any atom is 0.102 e. The first-order valence-corrected chi connectivity index (χ1v) is 3.57. The molecule has 0 aliphatic heterocycles. The van der Waals surface area contributed by atoms with Crippen molar-refractivity contribution in [1.29, 1.82) is 0 Å². The molecule has 1 heteroatoms. The third kappa shape index (κ3) is 1.32. The Bertz CT molecular complexity index is 136. The third-order valence-electron chi connectivity index (χ3n) is 2.03. The molecule has 1 aliphatic rings. The van der Waals surface area contributed by atoms with Crippen LogP contribution < -0.4 is 0 Å². The fourth-order valence-corrected chi connectivity index (χ4v) is 1.34. The number of rotatable bonds is 0. The Labute approximate surface area is 55.8 Å². The average Bonchev–Trinajstić information content (AvgIpc) is 1.83. The van der Waals surface area contributed by atoms with Gasteiger partial charge in [-0.25, -0.2) is 4.39 Å². The Morgan fingerprint density at radius 1 is 1.56 bits per heavy atom. The molecular formula is C8H13F. The molecule has 52 valence electrons. The van der Waals surface area contributed by atoms with E-state index in [-0.39, 0.29) is 11.7 Å². The van der Waals surface area contributed by atoms with Crippen LogP contribution in [0.5, 0.6) is 0 Å². The zero-order valence-corrected chi connectivity index (χ0v) is 6.08. The van der Waals surface area contributed by atoms with Crippen LogP contribution in [0.4, 0.5) is 4.39 Å². The van der Waals surface area contributed by atoms with E-state index in [1.165, 1.54) is 6.42 Å². The zero-order valence-electron chi connectivity index (χ0n) is 6.08. The summed E-state index contributed by atoms with van der Waals surface area (Å²) in [5.74, 6) is 0.333. The lowest BCUT2D eigenvalue weighted by Crippen LogP contribution is -2.03. The van der Waals surface area contributed by atoms with Crippen molar-refractivity contribution in [1.82, 2.24) is 0 Å². The van der Waals surface area contributed by atoms with E-state index in [1.807, 2.05) is 13.8 Å². The first-order chi connectivity index (χ1) is 4.22. The van der Waals surface area contributed by atoms with Crippen molar-refractivity contribution in [3.8, 4) is 0 Å². The second-order valence-corrected chi connectivity index (χ2v) is 2.92. The SMILES string of the molecule is CC1=C(F)C(C)CCC1. The van der Waals surface area contributed by atoms with Crippen LogP contribution in [0, 0.1) is 5.92 Å². The number of halogens is 1. The number of hydrogen-bond acceptors (Lipinski definition) is 0. The highest BCUT2D eigenvalue weighted by molar-refractivity contribution is 5.10. The van der Waals surface area contributed by atoms with E-state index >= 15 is 0 Å². The molecule has 0 saturated heterocycles. The van der Waals surface area contributed by atoms with Crippen LogP contribution in [0.2, 0.25) is 0 Å². The summed E-state index contributed by atoms with van der Waals surface area (Å²) in [6.45, 7) is 3.85. The molecular weight excluding hydrogens is 115 g/mol. The van der Waals surface area contributed by atoms with E-state index in [1.54, 1.807) is 0 Å². The summed E-state index contributed by atoms with van der Waals surface area (Å²) in [5.41, 5.74) is 0.966. The lowest BCUT2D eigenvalue weighted by Gasteiger charge is -2.17. The molecule has 0 aromatic rings. The molecule has 0 aromatic heterocycles. The van der Waals surface area contributed by atoms with E-state index < -0.39 is 0 Å². The summed E-state index contributed by atoms with van der Waals surface area (Å²) in [5, 5.41) is 0. The standard InChI is InChI=1S/C8H13F/c1-6-4-3-5-7(2)8(6)9/h6H,3-5H2,1-2H3. The Kier molecular flexibility index (Phi) is 1.89. The first kappa shape index (κ1) is 6.79. The van der Waals surface area contributed by atoms with Crippen LogP contribution in [0.25, 0.3) is 0 Å². The molecule has 0 spiro atoms. The van der Waals surface area contributed by atoms with Crippen LogP contribution in [-0.4, -0.2) is 0 Å². The predicted octanol–water partition coefficient (Wildman–Crippen LogP) is 3.05. The summed E-state index contributed by atoms with van der Waals surface area (Å²) in [6, 6.07) is 0. The minimum absolute atomic E-state index is 0.140. The van der Waals surface area contributed by atoms with Crippen molar-refractivity contribution in [2.75, 3.05) is 0 Å². The van der Waals surface area contributed by atoms with Gasteiger partial charge in [-0.2, -0.15) is 0 Å². The molecule has 0 bridgehead atoms. The van der Waals surface area contributed by atoms with Crippen molar-refractivity contribution in [3.63, 3.8) is 0 Å². The molecule has 0 heterocycles. The molecule has 1 unspecified atom stereocenters. The Morgan fingerprint density at radius 2 is 2.22 bits per heavy atom. The van der Waals surface area contributed by atoms with Crippen molar-refractivity contribution < 1.29 is 4.39 Å². The normalized spacial score (nSPS) is 29.0. The maximum absolute atomic E-state index is 12.9. The van der Waals surface area contributed by atoms with Crippen LogP contribution in [0.3, 0.4) is 0 Å². The molecule has 0 amide bonds. The van der Waals surface area contributed by atoms with Gasteiger partial charge in [0.15, 0.2) is 0 Å². The van der Waals surface area contributed by atoms with Gasteiger partial charge in [-0.15, -0.1) is 0 Å². The van der Waals surface area contributed by atoms with Crippen LogP contribution >= 0.6 is 0 Å². The molecule has 0 nitrogen and oxygen atoms in total. The fraction of sp³-hybridized carbons (Fsp3) is 0.750. The lowest BCUT2D eigenvalue weighted by molar-refractivity contribution is 0.418. The second-order valence-electron chi connectivity index (χ2n) is 2.92. The topological polar surface area (TPSA) is 0 Å². The van der Waals surface area contributed by atoms with Gasteiger partial charge in [-0.1, -0.05) is 6.92 Å². The minimum atomic E-state index is 0.140. The average molecular weight is 128 g/mol. The Balaban J connectivity index is 2.72.